The summed E-state index contributed by atoms with van der Waals surface area (Å²) in [5, 5.41) is 0. The average molecular weight is 480 g/mol. The zero-order valence-electron chi connectivity index (χ0n) is 19.0. The van der Waals surface area contributed by atoms with E-state index in [1.54, 1.807) is 48.5 Å². The molecule has 4 rings (SSSR count). The summed E-state index contributed by atoms with van der Waals surface area (Å²) in [5.41, 5.74) is 1.39. The van der Waals surface area contributed by atoms with E-state index in [1.807, 2.05) is 6.92 Å². The molecule has 0 bridgehead atoms. The third kappa shape index (κ3) is 4.54. The number of rotatable bonds is 9. The van der Waals surface area contributed by atoms with Crippen LogP contribution < -0.4 is 9.04 Å². The van der Waals surface area contributed by atoms with E-state index in [1.165, 1.54) is 25.4 Å². The molecule has 2 aromatic carbocycles. The second-order valence-electron chi connectivity index (χ2n) is 7.85. The Morgan fingerprint density at radius 3 is 2.65 bits per heavy atom. The summed E-state index contributed by atoms with van der Waals surface area (Å²) < 4.78 is 38.8. The van der Waals surface area contributed by atoms with Crippen LogP contribution in [-0.2, 0) is 27.7 Å². The van der Waals surface area contributed by atoms with Gasteiger partial charge >= 0.3 is 0 Å². The number of para-hydroxylation sites is 2. The summed E-state index contributed by atoms with van der Waals surface area (Å²) >= 11 is 0. The number of hydrogen-bond donors (Lipinski definition) is 0. The highest BCUT2D eigenvalue weighted by atomic mass is 32.2. The first kappa shape index (κ1) is 23.5. The molecular formula is C26H25NO6S. The van der Waals surface area contributed by atoms with Crippen LogP contribution in [0.15, 0.2) is 81.8 Å². The topological polar surface area (TPSA) is 93.9 Å². The van der Waals surface area contributed by atoms with Crippen molar-refractivity contribution in [1.82, 2.24) is 0 Å². The first-order valence-corrected chi connectivity index (χ1v) is 12.4. The van der Waals surface area contributed by atoms with E-state index in [0.29, 0.717) is 42.2 Å². The van der Waals surface area contributed by atoms with Gasteiger partial charge in [-0.05, 0) is 55.3 Å². The number of fused-ring (bicyclic) bond motifs is 1. The summed E-state index contributed by atoms with van der Waals surface area (Å²) in [6, 6.07) is 14.8. The van der Waals surface area contributed by atoms with Crippen molar-refractivity contribution >= 4 is 27.3 Å². The molecule has 34 heavy (non-hydrogen) atoms. The van der Waals surface area contributed by atoms with Gasteiger partial charge in [0.05, 0.1) is 29.0 Å². The summed E-state index contributed by atoms with van der Waals surface area (Å²) in [7, 11) is -2.54. The molecule has 7 nitrogen and oxygen atoms in total. The first-order chi connectivity index (χ1) is 16.3. The number of sulfonamides is 1. The maximum atomic E-state index is 13.4. The molecule has 1 aliphatic rings. The Kier molecular flexibility index (Phi) is 6.70. The molecule has 1 aliphatic carbocycles. The minimum atomic E-state index is -3.98. The van der Waals surface area contributed by atoms with Crippen LogP contribution >= 0.6 is 0 Å². The fourth-order valence-electron chi connectivity index (χ4n) is 3.90. The molecule has 0 radical (unpaired) electrons. The van der Waals surface area contributed by atoms with Crippen molar-refractivity contribution < 1.29 is 27.2 Å². The number of Topliss-reactive ketones (excluding diaryl/α,β-unsaturated/α-hetero) is 2. The number of aryl methyl sites for hydroxylation is 1. The van der Waals surface area contributed by atoms with Crippen LogP contribution in [0.4, 0.5) is 5.69 Å². The Morgan fingerprint density at radius 2 is 1.91 bits per heavy atom. The van der Waals surface area contributed by atoms with Crippen molar-refractivity contribution in [1.29, 1.82) is 0 Å². The number of nitrogens with zero attached hydrogens (tertiary/aromatic N) is 1. The van der Waals surface area contributed by atoms with Gasteiger partial charge in [-0.2, -0.15) is 0 Å². The van der Waals surface area contributed by atoms with Crippen molar-refractivity contribution in [3.8, 4) is 5.75 Å². The fourth-order valence-corrected chi connectivity index (χ4v) is 5.14. The molecule has 1 heterocycles. The molecule has 3 aromatic rings. The van der Waals surface area contributed by atoms with Crippen LogP contribution in [0.25, 0.3) is 0 Å². The minimum absolute atomic E-state index is 0.0299. The van der Waals surface area contributed by atoms with Crippen LogP contribution in [0.5, 0.6) is 5.75 Å². The molecule has 0 atom stereocenters. The lowest BCUT2D eigenvalue weighted by atomic mass is 9.87. The van der Waals surface area contributed by atoms with Crippen molar-refractivity contribution in [2.24, 2.45) is 0 Å². The van der Waals surface area contributed by atoms with Gasteiger partial charge < -0.3 is 9.15 Å². The predicted octanol–water partition coefficient (Wildman–Crippen LogP) is 4.37. The van der Waals surface area contributed by atoms with E-state index < -0.39 is 15.8 Å². The largest absolute Gasteiger partial charge is 0.492 e. The van der Waals surface area contributed by atoms with Crippen LogP contribution in [0.1, 0.15) is 35.0 Å². The Morgan fingerprint density at radius 1 is 1.12 bits per heavy atom. The number of carbonyl (C=O) groups is 2. The third-order valence-corrected chi connectivity index (χ3v) is 7.51. The van der Waals surface area contributed by atoms with Gasteiger partial charge in [-0.3, -0.25) is 13.9 Å². The SMILES string of the molecule is CCOc1ccccc1N(C)S(=O)(=O)c1ccc2c(c1)C(=O)C(C(=O)CCc1ccco1)=CC2. The van der Waals surface area contributed by atoms with Crippen LogP contribution in [-0.4, -0.2) is 33.6 Å². The Bertz CT molecular complexity index is 1360. The summed E-state index contributed by atoms with van der Waals surface area (Å²) in [6.07, 6.45) is 4.06. The molecule has 176 valence electrons. The standard InChI is InChI=1S/C26H25NO6S/c1-3-32-25-9-5-4-8-23(25)27(2)34(30,31)20-13-10-18-11-14-21(26(29)22(18)17-20)24(28)15-12-19-7-6-16-33-19/h4-10,13-14,16-17H,3,11-12,15H2,1-2H3. The van der Waals surface area contributed by atoms with Crippen molar-refractivity contribution in [3.05, 3.63) is 89.4 Å². The van der Waals surface area contributed by atoms with Crippen molar-refractivity contribution in [2.45, 2.75) is 31.1 Å². The first-order valence-electron chi connectivity index (χ1n) is 11.0. The van der Waals surface area contributed by atoms with E-state index in [9.17, 15) is 18.0 Å². The zero-order chi connectivity index (χ0) is 24.3. The van der Waals surface area contributed by atoms with Gasteiger partial charge in [0.25, 0.3) is 10.0 Å². The number of allylic oxidation sites excluding steroid dienone is 2. The number of ether oxygens (including phenoxy) is 1. The lowest BCUT2D eigenvalue weighted by molar-refractivity contribution is -0.115. The highest BCUT2D eigenvalue weighted by Crippen LogP contribution is 2.33. The molecule has 0 fully saturated rings. The van der Waals surface area contributed by atoms with Gasteiger partial charge in [0.2, 0.25) is 0 Å². The molecule has 0 aliphatic heterocycles. The summed E-state index contributed by atoms with van der Waals surface area (Å²) in [5.74, 6) is 0.363. The van der Waals surface area contributed by atoms with E-state index in [4.69, 9.17) is 9.15 Å². The van der Waals surface area contributed by atoms with Crippen LogP contribution in [0, 0.1) is 0 Å². The molecule has 8 heteroatoms. The number of hydrogen-bond acceptors (Lipinski definition) is 6. The van der Waals surface area contributed by atoms with Gasteiger partial charge in [-0.1, -0.05) is 24.3 Å². The van der Waals surface area contributed by atoms with Crippen molar-refractivity contribution in [2.75, 3.05) is 18.0 Å². The van der Waals surface area contributed by atoms with Gasteiger partial charge in [-0.25, -0.2) is 8.42 Å². The summed E-state index contributed by atoms with van der Waals surface area (Å²) in [6.45, 7) is 2.21. The zero-order valence-corrected chi connectivity index (χ0v) is 19.8. The Hall–Kier alpha value is -3.65. The van der Waals surface area contributed by atoms with E-state index in [2.05, 4.69) is 0 Å². The van der Waals surface area contributed by atoms with Gasteiger partial charge in [0, 0.05) is 25.5 Å². The maximum Gasteiger partial charge on any atom is 0.264 e. The monoisotopic (exact) mass is 479 g/mol. The second-order valence-corrected chi connectivity index (χ2v) is 9.82. The van der Waals surface area contributed by atoms with E-state index in [0.717, 1.165) is 4.31 Å². The summed E-state index contributed by atoms with van der Waals surface area (Å²) in [4.78, 5) is 25.8. The molecule has 0 saturated heterocycles. The highest BCUT2D eigenvalue weighted by Gasteiger charge is 2.29. The highest BCUT2D eigenvalue weighted by molar-refractivity contribution is 7.92. The number of carbonyl (C=O) groups excluding carboxylic acids is 2. The van der Waals surface area contributed by atoms with Gasteiger partial charge in [-0.15, -0.1) is 0 Å². The van der Waals surface area contributed by atoms with E-state index >= 15 is 0 Å². The molecule has 1 aromatic heterocycles. The van der Waals surface area contributed by atoms with Gasteiger partial charge in [0.15, 0.2) is 11.6 Å². The number of benzene rings is 2. The predicted molar refractivity (Wildman–Crippen MR) is 128 cm³/mol. The van der Waals surface area contributed by atoms with Crippen LogP contribution in [0.3, 0.4) is 0 Å². The fraction of sp³-hybridized carbons (Fsp3) is 0.231. The number of furan rings is 1. The second kappa shape index (κ2) is 9.69. The number of ketones is 2. The Labute approximate surface area is 198 Å². The van der Waals surface area contributed by atoms with Crippen LogP contribution in [0.2, 0.25) is 0 Å². The molecule has 0 spiro atoms. The van der Waals surface area contributed by atoms with Gasteiger partial charge in [0.1, 0.15) is 11.5 Å². The quantitative estimate of drug-likeness (QED) is 0.423. The lowest BCUT2D eigenvalue weighted by Gasteiger charge is -2.23. The Balaban J connectivity index is 1.59. The molecule has 0 amide bonds. The molecule has 0 saturated carbocycles. The normalized spacial score (nSPS) is 13.2. The molecular weight excluding hydrogens is 454 g/mol. The molecule has 0 unspecified atom stereocenters. The van der Waals surface area contributed by atoms with E-state index in [-0.39, 0.29) is 28.2 Å². The number of anilines is 1. The maximum absolute atomic E-state index is 13.4. The minimum Gasteiger partial charge on any atom is -0.492 e. The lowest BCUT2D eigenvalue weighted by Crippen LogP contribution is -2.28. The average Bonchev–Trinajstić information content (AvgIpc) is 3.36. The van der Waals surface area contributed by atoms with Crippen molar-refractivity contribution in [3.63, 3.8) is 0 Å². The molecule has 0 N–H and O–H groups in total. The third-order valence-electron chi connectivity index (χ3n) is 5.74. The smallest absolute Gasteiger partial charge is 0.264 e.